The summed E-state index contributed by atoms with van der Waals surface area (Å²) < 4.78 is 26.9. The summed E-state index contributed by atoms with van der Waals surface area (Å²) in [6.07, 6.45) is 0. The number of halogens is 2. The number of ether oxygens (including phenoxy) is 2. The van der Waals surface area contributed by atoms with Crippen LogP contribution in [0.25, 0.3) is 10.8 Å². The number of carbonyl (C=O) groups is 2. The molecule has 34 heavy (non-hydrogen) atoms. The molecule has 0 bridgehead atoms. The third-order valence-electron chi connectivity index (χ3n) is 5.92. The SMILES string of the molecule is CN[C@@H](C)C(=O)NC1COc2c(F)cccc2N(Cc2c(OC)ccc3cc(Br)ccc23)C1=O. The first-order chi connectivity index (χ1) is 16.3. The van der Waals surface area contributed by atoms with Gasteiger partial charge < -0.3 is 25.0 Å². The molecule has 0 aromatic heterocycles. The number of amides is 2. The highest BCUT2D eigenvalue weighted by Crippen LogP contribution is 2.38. The summed E-state index contributed by atoms with van der Waals surface area (Å²) in [5.74, 6) is -0.786. The Morgan fingerprint density at radius 3 is 2.82 bits per heavy atom. The summed E-state index contributed by atoms with van der Waals surface area (Å²) in [7, 11) is 3.21. The number of nitrogens with one attached hydrogen (secondary N) is 2. The van der Waals surface area contributed by atoms with Crippen molar-refractivity contribution in [3.05, 3.63) is 64.4 Å². The lowest BCUT2D eigenvalue weighted by Crippen LogP contribution is -2.53. The normalized spacial score (nSPS) is 16.4. The highest BCUT2D eigenvalue weighted by Gasteiger charge is 2.35. The monoisotopic (exact) mass is 529 g/mol. The van der Waals surface area contributed by atoms with Crippen molar-refractivity contribution in [2.75, 3.05) is 25.7 Å². The molecule has 0 aliphatic carbocycles. The van der Waals surface area contributed by atoms with Gasteiger partial charge in [0.1, 0.15) is 18.4 Å². The van der Waals surface area contributed by atoms with Crippen LogP contribution in [0.15, 0.2) is 53.0 Å². The van der Waals surface area contributed by atoms with Crippen LogP contribution in [-0.4, -0.2) is 44.7 Å². The molecule has 1 heterocycles. The molecule has 4 rings (SSSR count). The van der Waals surface area contributed by atoms with E-state index >= 15 is 0 Å². The van der Waals surface area contributed by atoms with Crippen molar-refractivity contribution < 1.29 is 23.5 Å². The van der Waals surface area contributed by atoms with E-state index in [2.05, 4.69) is 26.6 Å². The number of likely N-dealkylation sites (N-methyl/N-ethyl adjacent to an activating group) is 1. The number of carbonyl (C=O) groups excluding carboxylic acids is 2. The minimum Gasteiger partial charge on any atom is -0.496 e. The van der Waals surface area contributed by atoms with Gasteiger partial charge in [-0.25, -0.2) is 4.39 Å². The Kier molecular flexibility index (Phi) is 7.04. The van der Waals surface area contributed by atoms with E-state index in [-0.39, 0.29) is 24.8 Å². The Hall–Kier alpha value is -3.17. The van der Waals surface area contributed by atoms with Crippen molar-refractivity contribution in [2.45, 2.75) is 25.6 Å². The maximum Gasteiger partial charge on any atom is 0.253 e. The molecule has 1 unspecified atom stereocenters. The summed E-state index contributed by atoms with van der Waals surface area (Å²) in [6.45, 7) is 1.59. The van der Waals surface area contributed by atoms with Gasteiger partial charge in [0.2, 0.25) is 5.91 Å². The van der Waals surface area contributed by atoms with Gasteiger partial charge in [-0.1, -0.05) is 34.1 Å². The van der Waals surface area contributed by atoms with Crippen molar-refractivity contribution in [1.29, 1.82) is 0 Å². The van der Waals surface area contributed by atoms with E-state index in [4.69, 9.17) is 9.47 Å². The van der Waals surface area contributed by atoms with E-state index in [9.17, 15) is 14.0 Å². The zero-order valence-electron chi connectivity index (χ0n) is 19.0. The molecule has 3 aromatic carbocycles. The first-order valence-electron chi connectivity index (χ1n) is 10.8. The lowest BCUT2D eigenvalue weighted by atomic mass is 10.0. The smallest absolute Gasteiger partial charge is 0.253 e. The molecule has 0 fully saturated rings. The molecule has 0 saturated heterocycles. The Balaban J connectivity index is 1.80. The van der Waals surface area contributed by atoms with Gasteiger partial charge in [-0.2, -0.15) is 0 Å². The second-order valence-corrected chi connectivity index (χ2v) is 8.92. The highest BCUT2D eigenvalue weighted by atomic mass is 79.9. The molecule has 0 spiro atoms. The van der Waals surface area contributed by atoms with Gasteiger partial charge in [0.15, 0.2) is 11.6 Å². The molecule has 2 atom stereocenters. The van der Waals surface area contributed by atoms with Crippen molar-refractivity contribution >= 4 is 44.2 Å². The standard InChI is InChI=1S/C25H25BrFN3O4/c1-14(28-2)24(31)29-20-13-34-23-19(27)5-4-6-21(23)30(25(20)32)12-18-17-9-8-16(26)11-15(17)7-10-22(18)33-3/h4-11,14,20,28H,12-13H2,1-3H3,(H,29,31)/t14-,20?/m0/s1. The van der Waals surface area contributed by atoms with Crippen LogP contribution in [-0.2, 0) is 16.1 Å². The van der Waals surface area contributed by atoms with Crippen molar-refractivity contribution in [3.8, 4) is 11.5 Å². The van der Waals surface area contributed by atoms with Crippen LogP contribution < -0.4 is 25.0 Å². The van der Waals surface area contributed by atoms with E-state index in [0.29, 0.717) is 11.4 Å². The van der Waals surface area contributed by atoms with Gasteiger partial charge in [-0.15, -0.1) is 0 Å². The van der Waals surface area contributed by atoms with Crippen molar-refractivity contribution in [1.82, 2.24) is 10.6 Å². The van der Waals surface area contributed by atoms with Crippen LogP contribution in [0.4, 0.5) is 10.1 Å². The average molecular weight is 530 g/mol. The molecule has 1 aliphatic rings. The lowest BCUT2D eigenvalue weighted by molar-refractivity contribution is -0.129. The molecule has 2 amide bonds. The Bertz CT molecular complexity index is 1250. The second kappa shape index (κ2) is 9.99. The molecule has 0 saturated carbocycles. The number of benzene rings is 3. The number of nitrogens with zero attached hydrogens (tertiary/aromatic N) is 1. The molecule has 1 aliphatic heterocycles. The Labute approximate surface area is 205 Å². The van der Waals surface area contributed by atoms with Gasteiger partial charge in [-0.3, -0.25) is 9.59 Å². The number of rotatable bonds is 6. The number of fused-ring (bicyclic) bond motifs is 2. The van der Waals surface area contributed by atoms with Crippen molar-refractivity contribution in [3.63, 3.8) is 0 Å². The minimum absolute atomic E-state index is 0.0313. The van der Waals surface area contributed by atoms with Crippen LogP contribution in [0.3, 0.4) is 0 Å². The Morgan fingerprint density at radius 1 is 1.29 bits per heavy atom. The number of hydrogen-bond acceptors (Lipinski definition) is 5. The lowest BCUT2D eigenvalue weighted by Gasteiger charge is -2.27. The average Bonchev–Trinajstić information content (AvgIpc) is 2.96. The van der Waals surface area contributed by atoms with E-state index in [0.717, 1.165) is 20.8 Å². The number of methoxy groups -OCH3 is 1. The maximum absolute atomic E-state index is 14.7. The van der Waals surface area contributed by atoms with Crippen LogP contribution in [0.1, 0.15) is 12.5 Å². The number of anilines is 1. The molecular weight excluding hydrogens is 505 g/mol. The van der Waals surface area contributed by atoms with Crippen LogP contribution in [0.2, 0.25) is 0 Å². The summed E-state index contributed by atoms with van der Waals surface area (Å²) in [5, 5.41) is 7.41. The summed E-state index contributed by atoms with van der Waals surface area (Å²) in [6, 6.07) is 12.5. The van der Waals surface area contributed by atoms with Gasteiger partial charge in [-0.05, 0) is 55.1 Å². The van der Waals surface area contributed by atoms with Gasteiger partial charge >= 0.3 is 0 Å². The quantitative estimate of drug-likeness (QED) is 0.508. The first-order valence-corrected chi connectivity index (χ1v) is 11.6. The third kappa shape index (κ3) is 4.58. The van der Waals surface area contributed by atoms with Crippen molar-refractivity contribution in [2.24, 2.45) is 0 Å². The predicted molar refractivity (Wildman–Crippen MR) is 132 cm³/mol. The van der Waals surface area contributed by atoms with Crippen LogP contribution in [0.5, 0.6) is 11.5 Å². The molecule has 9 heteroatoms. The third-order valence-corrected chi connectivity index (χ3v) is 6.42. The van der Waals surface area contributed by atoms with E-state index in [1.165, 1.54) is 17.0 Å². The first kappa shape index (κ1) is 24.0. The fraction of sp³-hybridized carbons (Fsp3) is 0.280. The topological polar surface area (TPSA) is 79.9 Å². The summed E-state index contributed by atoms with van der Waals surface area (Å²) in [5.41, 5.74) is 1.05. The number of para-hydroxylation sites is 1. The largest absolute Gasteiger partial charge is 0.496 e. The zero-order chi connectivity index (χ0) is 24.4. The van der Waals surface area contributed by atoms with Crippen LogP contribution in [0, 0.1) is 5.82 Å². The molecule has 0 radical (unpaired) electrons. The minimum atomic E-state index is -0.995. The van der Waals surface area contributed by atoms with E-state index < -0.39 is 23.8 Å². The predicted octanol–water partition coefficient (Wildman–Crippen LogP) is 3.77. The summed E-state index contributed by atoms with van der Waals surface area (Å²) >= 11 is 3.49. The van der Waals surface area contributed by atoms with Gasteiger partial charge in [0.25, 0.3) is 5.91 Å². The summed E-state index contributed by atoms with van der Waals surface area (Å²) in [4.78, 5) is 27.7. The number of hydrogen-bond donors (Lipinski definition) is 2. The highest BCUT2D eigenvalue weighted by molar-refractivity contribution is 9.10. The zero-order valence-corrected chi connectivity index (χ0v) is 20.6. The molecule has 7 nitrogen and oxygen atoms in total. The molecular formula is C25H25BrFN3O4. The maximum atomic E-state index is 14.7. The van der Waals surface area contributed by atoms with E-state index in [1.54, 1.807) is 27.1 Å². The van der Waals surface area contributed by atoms with Gasteiger partial charge in [0, 0.05) is 10.0 Å². The second-order valence-electron chi connectivity index (χ2n) is 8.01. The molecule has 2 N–H and O–H groups in total. The van der Waals surface area contributed by atoms with E-state index in [1.807, 2.05) is 30.3 Å². The van der Waals surface area contributed by atoms with Gasteiger partial charge in [0.05, 0.1) is 25.4 Å². The fourth-order valence-corrected chi connectivity index (χ4v) is 4.33. The fourth-order valence-electron chi connectivity index (χ4n) is 3.95. The van der Waals surface area contributed by atoms with Crippen LogP contribution >= 0.6 is 15.9 Å². The Morgan fingerprint density at radius 2 is 2.09 bits per heavy atom. The molecule has 3 aromatic rings. The molecule has 178 valence electrons.